The fourth-order valence-corrected chi connectivity index (χ4v) is 4.35. The number of amidine groups is 1. The summed E-state index contributed by atoms with van der Waals surface area (Å²) in [5, 5.41) is 8.27. The molecule has 2 N–H and O–H groups in total. The second-order valence-electron chi connectivity index (χ2n) is 7.44. The fourth-order valence-electron chi connectivity index (χ4n) is 4.13. The van der Waals surface area contributed by atoms with Gasteiger partial charge in [-0.05, 0) is 42.7 Å². The van der Waals surface area contributed by atoms with E-state index in [2.05, 4.69) is 41.0 Å². The van der Waals surface area contributed by atoms with Gasteiger partial charge < -0.3 is 10.6 Å². The minimum absolute atomic E-state index is 0.0760. The molecular formula is C22H26ClN3. The number of fused-ring (bicyclic) bond motifs is 1. The number of nitrogens with zero attached hydrogens (tertiary/aromatic N) is 1. The van der Waals surface area contributed by atoms with Crippen LogP contribution < -0.4 is 10.6 Å². The Morgan fingerprint density at radius 1 is 0.885 bits per heavy atom. The maximum Gasteiger partial charge on any atom is 0.127 e. The van der Waals surface area contributed by atoms with Gasteiger partial charge in [-0.15, -0.1) is 0 Å². The maximum absolute atomic E-state index is 6.14. The second-order valence-corrected chi connectivity index (χ2v) is 7.88. The van der Waals surface area contributed by atoms with Gasteiger partial charge in [0, 0.05) is 5.02 Å². The van der Waals surface area contributed by atoms with Crippen molar-refractivity contribution in [2.75, 3.05) is 10.6 Å². The topological polar surface area (TPSA) is 36.4 Å². The van der Waals surface area contributed by atoms with E-state index in [1.54, 1.807) is 0 Å². The van der Waals surface area contributed by atoms with Crippen LogP contribution >= 0.6 is 11.6 Å². The minimum Gasteiger partial charge on any atom is -0.371 e. The Kier molecular flexibility index (Phi) is 5.16. The summed E-state index contributed by atoms with van der Waals surface area (Å²) >= 11 is 6.14. The van der Waals surface area contributed by atoms with E-state index in [0.29, 0.717) is 6.54 Å². The van der Waals surface area contributed by atoms with E-state index in [1.165, 1.54) is 37.8 Å². The molecule has 0 atom stereocenters. The van der Waals surface area contributed by atoms with Crippen molar-refractivity contribution in [3.63, 3.8) is 0 Å². The highest BCUT2D eigenvalue weighted by Gasteiger charge is 2.39. The Morgan fingerprint density at radius 2 is 1.62 bits per heavy atom. The summed E-state index contributed by atoms with van der Waals surface area (Å²) in [5.41, 5.74) is 3.37. The van der Waals surface area contributed by atoms with Crippen LogP contribution in [0.5, 0.6) is 0 Å². The largest absolute Gasteiger partial charge is 0.371 e. The third-order valence-corrected chi connectivity index (χ3v) is 5.76. The lowest BCUT2D eigenvalue weighted by Gasteiger charge is -2.42. The first kappa shape index (κ1) is 17.4. The summed E-state index contributed by atoms with van der Waals surface area (Å²) in [4.78, 5) is 5.03. The summed E-state index contributed by atoms with van der Waals surface area (Å²) in [6.45, 7) is 0.647. The number of hydrogen-bond donors (Lipinski definition) is 2. The number of para-hydroxylation sites is 2. The molecule has 0 unspecified atom stereocenters. The van der Waals surface area contributed by atoms with Crippen LogP contribution in [-0.4, -0.2) is 11.4 Å². The van der Waals surface area contributed by atoms with E-state index in [9.17, 15) is 0 Å². The van der Waals surface area contributed by atoms with Gasteiger partial charge in [0.1, 0.15) is 5.84 Å². The van der Waals surface area contributed by atoms with Gasteiger partial charge in [-0.2, -0.15) is 0 Å². The van der Waals surface area contributed by atoms with Crippen LogP contribution in [0.4, 0.5) is 11.4 Å². The van der Waals surface area contributed by atoms with Crippen LogP contribution in [0.25, 0.3) is 0 Å². The molecule has 0 radical (unpaired) electrons. The first-order chi connectivity index (χ1) is 12.8. The zero-order chi connectivity index (χ0) is 17.8. The molecule has 1 aliphatic heterocycles. The van der Waals surface area contributed by atoms with Crippen LogP contribution in [0.15, 0.2) is 53.5 Å². The summed E-state index contributed by atoms with van der Waals surface area (Å²) < 4.78 is 0. The number of hydrogen-bond acceptors (Lipinski definition) is 2. The Bertz CT molecular complexity index is 791. The van der Waals surface area contributed by atoms with Crippen molar-refractivity contribution in [2.24, 2.45) is 4.99 Å². The summed E-state index contributed by atoms with van der Waals surface area (Å²) in [6.07, 6.45) is 8.72. The number of nitrogens with one attached hydrogen (secondary N) is 2. The highest BCUT2D eigenvalue weighted by Crippen LogP contribution is 2.38. The molecule has 0 bridgehead atoms. The van der Waals surface area contributed by atoms with Crippen molar-refractivity contribution in [1.82, 2.24) is 0 Å². The number of benzene rings is 2. The van der Waals surface area contributed by atoms with Gasteiger partial charge in [-0.3, -0.25) is 4.99 Å². The zero-order valence-corrected chi connectivity index (χ0v) is 15.9. The van der Waals surface area contributed by atoms with E-state index >= 15 is 0 Å². The summed E-state index contributed by atoms with van der Waals surface area (Å²) in [6, 6.07) is 16.4. The smallest absolute Gasteiger partial charge is 0.127 e. The molecule has 2 aromatic rings. The third kappa shape index (κ3) is 3.73. The van der Waals surface area contributed by atoms with Gasteiger partial charge in [0.15, 0.2) is 0 Å². The van der Waals surface area contributed by atoms with Gasteiger partial charge in [-0.1, -0.05) is 68.0 Å². The minimum atomic E-state index is -0.0760. The van der Waals surface area contributed by atoms with Crippen LogP contribution in [0.2, 0.25) is 5.02 Å². The van der Waals surface area contributed by atoms with Crippen molar-refractivity contribution in [3.8, 4) is 0 Å². The first-order valence-electron chi connectivity index (χ1n) is 9.69. The van der Waals surface area contributed by atoms with Gasteiger partial charge in [0.25, 0.3) is 0 Å². The predicted octanol–water partition coefficient (Wildman–Crippen LogP) is 6.26. The average Bonchev–Trinajstić information content (AvgIpc) is 2.63. The number of halogens is 1. The predicted molar refractivity (Wildman–Crippen MR) is 111 cm³/mol. The average molecular weight is 368 g/mol. The molecular weight excluding hydrogens is 342 g/mol. The Labute approximate surface area is 160 Å². The van der Waals surface area contributed by atoms with Gasteiger partial charge >= 0.3 is 0 Å². The van der Waals surface area contributed by atoms with Gasteiger partial charge in [0.05, 0.1) is 23.5 Å². The zero-order valence-electron chi connectivity index (χ0n) is 15.1. The molecule has 1 fully saturated rings. The molecule has 1 heterocycles. The molecule has 4 heteroatoms. The van der Waals surface area contributed by atoms with E-state index in [4.69, 9.17) is 16.6 Å². The highest BCUT2D eigenvalue weighted by molar-refractivity contribution is 6.30. The molecule has 4 rings (SSSR count). The summed E-state index contributed by atoms with van der Waals surface area (Å²) in [5.74, 6) is 1.08. The molecule has 1 aliphatic carbocycles. The standard InChI is InChI=1S/C22H26ClN3/c23-18-10-8-9-17(15-18)16-24-21-22(13-6-2-1-3-7-14-22)26-20-12-5-4-11-19(20)25-21/h4-5,8-12,15,26H,1-3,6-7,13-14,16H2,(H,24,25). The maximum atomic E-state index is 6.14. The fraction of sp³-hybridized carbons (Fsp3) is 0.409. The van der Waals surface area contributed by atoms with Gasteiger partial charge in [0.2, 0.25) is 0 Å². The normalized spacial score (nSPS) is 20.6. The highest BCUT2D eigenvalue weighted by atomic mass is 35.5. The third-order valence-electron chi connectivity index (χ3n) is 5.52. The van der Waals surface area contributed by atoms with E-state index in [0.717, 1.165) is 35.0 Å². The molecule has 3 nitrogen and oxygen atoms in total. The molecule has 2 aromatic carbocycles. The van der Waals surface area contributed by atoms with E-state index in [-0.39, 0.29) is 5.54 Å². The van der Waals surface area contributed by atoms with Crippen LogP contribution in [0.3, 0.4) is 0 Å². The molecule has 0 amide bonds. The lowest BCUT2D eigenvalue weighted by molar-refractivity contribution is 0.419. The molecule has 26 heavy (non-hydrogen) atoms. The summed E-state index contributed by atoms with van der Waals surface area (Å²) in [7, 11) is 0. The quantitative estimate of drug-likeness (QED) is 0.657. The first-order valence-corrected chi connectivity index (χ1v) is 10.1. The van der Waals surface area contributed by atoms with E-state index in [1.807, 2.05) is 18.2 Å². The van der Waals surface area contributed by atoms with E-state index < -0.39 is 0 Å². The lowest BCUT2D eigenvalue weighted by Crippen LogP contribution is -2.53. The molecule has 2 aliphatic rings. The number of rotatable bonds is 2. The monoisotopic (exact) mass is 367 g/mol. The van der Waals surface area contributed by atoms with Crippen LogP contribution in [-0.2, 0) is 6.54 Å². The van der Waals surface area contributed by atoms with Crippen molar-refractivity contribution in [2.45, 2.75) is 57.0 Å². The molecule has 1 saturated carbocycles. The van der Waals surface area contributed by atoms with Crippen molar-refractivity contribution < 1.29 is 0 Å². The van der Waals surface area contributed by atoms with Crippen molar-refractivity contribution in [3.05, 3.63) is 59.1 Å². The molecule has 136 valence electrons. The molecule has 1 spiro atoms. The number of anilines is 2. The Balaban J connectivity index is 1.67. The van der Waals surface area contributed by atoms with Crippen LogP contribution in [0.1, 0.15) is 50.5 Å². The van der Waals surface area contributed by atoms with Crippen molar-refractivity contribution in [1.29, 1.82) is 0 Å². The van der Waals surface area contributed by atoms with Crippen molar-refractivity contribution >= 4 is 28.8 Å². The number of aliphatic imine (C=N–C) groups is 1. The molecule has 0 saturated heterocycles. The molecule has 0 aromatic heterocycles. The Hall–Kier alpha value is -2.00. The second kappa shape index (κ2) is 7.71. The van der Waals surface area contributed by atoms with Crippen LogP contribution in [0, 0.1) is 0 Å². The Morgan fingerprint density at radius 3 is 2.38 bits per heavy atom. The SMILES string of the molecule is Clc1cccc(CN=C2Nc3ccccc3NC23CCCCCCC3)c1. The van der Waals surface area contributed by atoms with Gasteiger partial charge in [-0.25, -0.2) is 0 Å². The lowest BCUT2D eigenvalue weighted by atomic mass is 9.81.